The second kappa shape index (κ2) is 8.73. The Kier molecular flexibility index (Phi) is 6.47. The van der Waals surface area contributed by atoms with E-state index in [-0.39, 0.29) is 28.6 Å². The van der Waals surface area contributed by atoms with Crippen molar-refractivity contribution in [1.29, 1.82) is 0 Å². The van der Waals surface area contributed by atoms with E-state index in [2.05, 4.69) is 63.5 Å². The van der Waals surface area contributed by atoms with Crippen LogP contribution in [0.1, 0.15) is 37.5 Å². The molecule has 1 aromatic heterocycles. The summed E-state index contributed by atoms with van der Waals surface area (Å²) in [5.41, 5.74) is 3.20. The fourth-order valence-corrected chi connectivity index (χ4v) is 3.95. The van der Waals surface area contributed by atoms with Crippen LogP contribution in [-0.4, -0.2) is 18.4 Å². The van der Waals surface area contributed by atoms with Gasteiger partial charge >= 0.3 is 0 Å². The predicted octanol–water partition coefficient (Wildman–Crippen LogP) is 5.22. The molecule has 0 aliphatic rings. The fraction of sp³-hybridized carbons (Fsp3) is 0.273. The SMILES string of the molecule is Cc1ccc(S(=O)(=O)Nc2ncc(Br)nc2OCc2ccc(C(C)(C)C)cc2)cc1. The van der Waals surface area contributed by atoms with Gasteiger partial charge in [-0.3, -0.25) is 4.72 Å². The van der Waals surface area contributed by atoms with E-state index in [0.29, 0.717) is 4.60 Å². The topological polar surface area (TPSA) is 81.2 Å². The van der Waals surface area contributed by atoms with Crippen molar-refractivity contribution in [1.82, 2.24) is 9.97 Å². The Morgan fingerprint density at radius 1 is 1.03 bits per heavy atom. The first-order valence-electron chi connectivity index (χ1n) is 9.39. The number of hydrogen-bond acceptors (Lipinski definition) is 5. The molecule has 0 fully saturated rings. The van der Waals surface area contributed by atoms with Crippen molar-refractivity contribution in [3.8, 4) is 5.88 Å². The molecular formula is C22H24BrN3O3S. The summed E-state index contributed by atoms with van der Waals surface area (Å²) in [6.45, 7) is 8.59. The molecule has 30 heavy (non-hydrogen) atoms. The Bertz CT molecular complexity index is 1120. The van der Waals surface area contributed by atoms with E-state index in [0.717, 1.165) is 11.1 Å². The molecule has 0 radical (unpaired) electrons. The molecule has 8 heteroatoms. The van der Waals surface area contributed by atoms with Gasteiger partial charge in [0.05, 0.1) is 11.1 Å². The molecule has 0 saturated heterocycles. The van der Waals surface area contributed by atoms with Crippen LogP contribution in [0.4, 0.5) is 5.82 Å². The minimum absolute atomic E-state index is 0.0325. The maximum Gasteiger partial charge on any atom is 0.263 e. The van der Waals surface area contributed by atoms with Crippen molar-refractivity contribution in [3.63, 3.8) is 0 Å². The summed E-state index contributed by atoms with van der Waals surface area (Å²) < 4.78 is 34.1. The molecule has 0 amide bonds. The average Bonchev–Trinajstić information content (AvgIpc) is 2.68. The number of hydrogen-bond donors (Lipinski definition) is 1. The standard InChI is InChI=1S/C22H24BrN3O3S/c1-15-5-11-18(12-6-15)30(27,28)26-20-21(25-19(23)13-24-20)29-14-16-7-9-17(10-8-16)22(2,3)4/h5-13H,14H2,1-4H3,(H,24,26). The first-order chi connectivity index (χ1) is 14.0. The number of aryl methyl sites for hydroxylation is 1. The number of nitrogens with one attached hydrogen (secondary N) is 1. The molecule has 6 nitrogen and oxygen atoms in total. The number of nitrogens with zero attached hydrogens (tertiary/aromatic N) is 2. The van der Waals surface area contributed by atoms with Crippen LogP contribution in [0.15, 0.2) is 64.2 Å². The quantitative estimate of drug-likeness (QED) is 0.512. The Hall–Kier alpha value is -2.45. The molecule has 3 aromatic rings. The maximum atomic E-state index is 12.7. The van der Waals surface area contributed by atoms with Crippen LogP contribution in [0.5, 0.6) is 5.88 Å². The second-order valence-electron chi connectivity index (χ2n) is 8.00. The van der Waals surface area contributed by atoms with Crippen molar-refractivity contribution in [2.75, 3.05) is 4.72 Å². The fourth-order valence-electron chi connectivity index (χ4n) is 2.68. The van der Waals surface area contributed by atoms with Crippen LogP contribution < -0.4 is 9.46 Å². The molecule has 0 spiro atoms. The van der Waals surface area contributed by atoms with Gasteiger partial charge < -0.3 is 4.74 Å². The highest BCUT2D eigenvalue weighted by molar-refractivity contribution is 9.10. The Morgan fingerprint density at radius 3 is 2.27 bits per heavy atom. The van der Waals surface area contributed by atoms with Gasteiger partial charge in [-0.2, -0.15) is 0 Å². The summed E-state index contributed by atoms with van der Waals surface area (Å²) in [6, 6.07) is 14.7. The van der Waals surface area contributed by atoms with Gasteiger partial charge in [0.25, 0.3) is 15.9 Å². The highest BCUT2D eigenvalue weighted by atomic mass is 79.9. The largest absolute Gasteiger partial charge is 0.470 e. The van der Waals surface area contributed by atoms with E-state index in [1.54, 1.807) is 24.3 Å². The van der Waals surface area contributed by atoms with Crippen LogP contribution in [0, 0.1) is 6.92 Å². The number of anilines is 1. The molecular weight excluding hydrogens is 466 g/mol. The van der Waals surface area contributed by atoms with Gasteiger partial charge in [0.2, 0.25) is 5.82 Å². The van der Waals surface area contributed by atoms with E-state index >= 15 is 0 Å². The third-order valence-corrected chi connectivity index (χ3v) is 6.21. The molecule has 0 aliphatic carbocycles. The number of sulfonamides is 1. The summed E-state index contributed by atoms with van der Waals surface area (Å²) in [4.78, 5) is 8.52. The number of rotatable bonds is 6. The summed E-state index contributed by atoms with van der Waals surface area (Å²) in [6.07, 6.45) is 1.41. The van der Waals surface area contributed by atoms with Crippen molar-refractivity contribution < 1.29 is 13.2 Å². The Balaban J connectivity index is 1.79. The lowest BCUT2D eigenvalue weighted by Crippen LogP contribution is -2.15. The van der Waals surface area contributed by atoms with E-state index in [9.17, 15) is 8.42 Å². The summed E-state index contributed by atoms with van der Waals surface area (Å²) in [7, 11) is -3.82. The Morgan fingerprint density at radius 2 is 1.67 bits per heavy atom. The summed E-state index contributed by atoms with van der Waals surface area (Å²) in [5.74, 6) is 0.130. The minimum Gasteiger partial charge on any atom is -0.470 e. The normalized spacial score (nSPS) is 11.9. The molecule has 0 unspecified atom stereocenters. The molecule has 2 aromatic carbocycles. The van der Waals surface area contributed by atoms with Gasteiger partial charge in [-0.25, -0.2) is 18.4 Å². The van der Waals surface area contributed by atoms with Crippen molar-refractivity contribution in [2.45, 2.75) is 44.6 Å². The Labute approximate surface area is 185 Å². The molecule has 1 heterocycles. The van der Waals surface area contributed by atoms with Crippen LogP contribution in [-0.2, 0) is 22.0 Å². The van der Waals surface area contributed by atoms with Gasteiger partial charge in [0.15, 0.2) is 0 Å². The number of benzene rings is 2. The zero-order valence-corrected chi connectivity index (χ0v) is 19.7. The van der Waals surface area contributed by atoms with Gasteiger partial charge in [-0.05, 0) is 51.5 Å². The lowest BCUT2D eigenvalue weighted by Gasteiger charge is -2.19. The monoisotopic (exact) mass is 489 g/mol. The van der Waals surface area contributed by atoms with Crippen molar-refractivity contribution in [2.24, 2.45) is 0 Å². The number of halogens is 1. The van der Waals surface area contributed by atoms with E-state index in [1.807, 2.05) is 19.1 Å². The number of ether oxygens (including phenoxy) is 1. The van der Waals surface area contributed by atoms with Crippen LogP contribution in [0.25, 0.3) is 0 Å². The first-order valence-corrected chi connectivity index (χ1v) is 11.7. The van der Waals surface area contributed by atoms with Gasteiger partial charge in [0, 0.05) is 0 Å². The molecule has 3 rings (SSSR count). The second-order valence-corrected chi connectivity index (χ2v) is 10.5. The minimum atomic E-state index is -3.82. The molecule has 0 atom stereocenters. The lowest BCUT2D eigenvalue weighted by molar-refractivity contribution is 0.294. The third kappa shape index (κ3) is 5.58. The van der Waals surface area contributed by atoms with Crippen LogP contribution in [0.2, 0.25) is 0 Å². The van der Waals surface area contributed by atoms with Crippen molar-refractivity contribution >= 4 is 31.8 Å². The van der Waals surface area contributed by atoms with Gasteiger partial charge in [-0.1, -0.05) is 62.7 Å². The van der Waals surface area contributed by atoms with Crippen LogP contribution in [0.3, 0.4) is 0 Å². The smallest absolute Gasteiger partial charge is 0.263 e. The van der Waals surface area contributed by atoms with Gasteiger partial charge in [0.1, 0.15) is 11.2 Å². The summed E-state index contributed by atoms with van der Waals surface area (Å²) >= 11 is 3.26. The average molecular weight is 490 g/mol. The van der Waals surface area contributed by atoms with E-state index < -0.39 is 10.0 Å². The first kappa shape index (κ1) is 22.2. The van der Waals surface area contributed by atoms with Crippen molar-refractivity contribution in [3.05, 3.63) is 76.0 Å². The zero-order chi connectivity index (χ0) is 21.9. The molecule has 0 saturated carbocycles. The number of aromatic nitrogens is 2. The summed E-state index contributed by atoms with van der Waals surface area (Å²) in [5, 5.41) is 0. The molecule has 0 bridgehead atoms. The molecule has 0 aliphatic heterocycles. The highest BCUT2D eigenvalue weighted by Crippen LogP contribution is 2.26. The van der Waals surface area contributed by atoms with E-state index in [4.69, 9.17) is 4.74 Å². The highest BCUT2D eigenvalue weighted by Gasteiger charge is 2.19. The predicted molar refractivity (Wildman–Crippen MR) is 121 cm³/mol. The van der Waals surface area contributed by atoms with Crippen LogP contribution >= 0.6 is 15.9 Å². The third-order valence-electron chi connectivity index (χ3n) is 4.47. The van der Waals surface area contributed by atoms with Gasteiger partial charge in [-0.15, -0.1) is 0 Å². The molecule has 158 valence electrons. The lowest BCUT2D eigenvalue weighted by atomic mass is 9.87. The van der Waals surface area contributed by atoms with E-state index in [1.165, 1.54) is 11.8 Å². The maximum absolute atomic E-state index is 12.7. The molecule has 1 N–H and O–H groups in total. The zero-order valence-electron chi connectivity index (χ0n) is 17.3.